The minimum absolute atomic E-state index is 0.320. The summed E-state index contributed by atoms with van der Waals surface area (Å²) in [6.07, 6.45) is 5.99. The molecule has 0 aromatic heterocycles. The van der Waals surface area contributed by atoms with Crippen LogP contribution in [0, 0.1) is 5.92 Å². The van der Waals surface area contributed by atoms with Crippen LogP contribution in [0.5, 0.6) is 0 Å². The van der Waals surface area contributed by atoms with Crippen molar-refractivity contribution in [1.29, 1.82) is 0 Å². The van der Waals surface area contributed by atoms with Gasteiger partial charge in [-0.3, -0.25) is 0 Å². The molecule has 1 nitrogen and oxygen atoms in total. The van der Waals surface area contributed by atoms with E-state index in [4.69, 9.17) is 0 Å². The van der Waals surface area contributed by atoms with Crippen molar-refractivity contribution in [2.24, 2.45) is 5.92 Å². The molecule has 0 bridgehead atoms. The Morgan fingerprint density at radius 1 is 1.25 bits per heavy atom. The van der Waals surface area contributed by atoms with Gasteiger partial charge in [0.05, 0.1) is 0 Å². The number of hydrogen-bond donors (Lipinski definition) is 0. The lowest BCUT2D eigenvalue weighted by Crippen LogP contribution is -2.13. The van der Waals surface area contributed by atoms with E-state index in [-0.39, 0.29) is 0 Å². The van der Waals surface area contributed by atoms with Gasteiger partial charge < -0.3 is 4.79 Å². The van der Waals surface area contributed by atoms with Gasteiger partial charge in [-0.1, -0.05) is 43.2 Å². The molecule has 0 aliphatic heterocycles. The van der Waals surface area contributed by atoms with Crippen LogP contribution in [-0.4, -0.2) is 5.78 Å². The first-order valence-electron chi connectivity index (χ1n) is 6.32. The first-order valence-corrected chi connectivity index (χ1v) is 6.32. The number of hydrogen-bond acceptors (Lipinski definition) is 1. The minimum Gasteiger partial charge on any atom is -0.300 e. The van der Waals surface area contributed by atoms with Gasteiger partial charge in [0.1, 0.15) is 5.78 Å². The highest BCUT2D eigenvalue weighted by atomic mass is 16.1. The van der Waals surface area contributed by atoms with Gasteiger partial charge in [0, 0.05) is 6.42 Å². The van der Waals surface area contributed by atoms with Crippen LogP contribution in [0.4, 0.5) is 0 Å². The Bertz CT molecular complexity index is 336. The zero-order valence-corrected chi connectivity index (χ0v) is 9.99. The van der Waals surface area contributed by atoms with Crippen LogP contribution in [0.2, 0.25) is 0 Å². The molecule has 1 fully saturated rings. The zero-order valence-electron chi connectivity index (χ0n) is 9.99. The maximum Gasteiger partial charge on any atom is 0.130 e. The summed E-state index contributed by atoms with van der Waals surface area (Å²) in [5.74, 6) is 1.51. The van der Waals surface area contributed by atoms with Crippen molar-refractivity contribution in [1.82, 2.24) is 0 Å². The van der Waals surface area contributed by atoms with E-state index in [0.29, 0.717) is 18.1 Å². The second kappa shape index (κ2) is 5.29. The van der Waals surface area contributed by atoms with E-state index in [2.05, 4.69) is 24.3 Å². The van der Waals surface area contributed by atoms with Crippen LogP contribution in [0.15, 0.2) is 30.3 Å². The zero-order chi connectivity index (χ0) is 11.4. The number of rotatable bonds is 4. The SMILES string of the molecule is CC(=O)CC(c1ccccc1)C1CCCC1. The van der Waals surface area contributed by atoms with Gasteiger partial charge in [-0.2, -0.15) is 0 Å². The van der Waals surface area contributed by atoms with E-state index in [1.165, 1.54) is 31.2 Å². The van der Waals surface area contributed by atoms with Gasteiger partial charge in [-0.25, -0.2) is 0 Å². The Morgan fingerprint density at radius 3 is 2.44 bits per heavy atom. The Morgan fingerprint density at radius 2 is 1.88 bits per heavy atom. The predicted octanol–water partition coefficient (Wildman–Crippen LogP) is 3.94. The van der Waals surface area contributed by atoms with Crippen LogP contribution >= 0.6 is 0 Å². The van der Waals surface area contributed by atoms with E-state index in [9.17, 15) is 4.79 Å². The first kappa shape index (κ1) is 11.4. The molecule has 1 aliphatic carbocycles. The van der Waals surface area contributed by atoms with Crippen molar-refractivity contribution >= 4 is 5.78 Å². The molecule has 0 amide bonds. The van der Waals surface area contributed by atoms with Crippen molar-refractivity contribution in [3.63, 3.8) is 0 Å². The van der Waals surface area contributed by atoms with E-state index in [0.717, 1.165) is 5.92 Å². The highest BCUT2D eigenvalue weighted by Gasteiger charge is 2.26. The summed E-state index contributed by atoms with van der Waals surface area (Å²) in [6.45, 7) is 1.71. The fourth-order valence-electron chi connectivity index (χ4n) is 2.93. The number of carbonyl (C=O) groups is 1. The Labute approximate surface area is 97.9 Å². The molecule has 86 valence electrons. The molecule has 1 atom stereocenters. The lowest BCUT2D eigenvalue weighted by Gasteiger charge is -2.22. The molecule has 1 aromatic carbocycles. The molecule has 16 heavy (non-hydrogen) atoms. The second-order valence-electron chi connectivity index (χ2n) is 4.97. The van der Waals surface area contributed by atoms with Crippen molar-refractivity contribution < 1.29 is 4.79 Å². The largest absolute Gasteiger partial charge is 0.300 e. The van der Waals surface area contributed by atoms with Crippen molar-refractivity contribution in [2.45, 2.75) is 44.9 Å². The van der Waals surface area contributed by atoms with Crippen LogP contribution in [0.25, 0.3) is 0 Å². The summed E-state index contributed by atoms with van der Waals surface area (Å²) < 4.78 is 0. The fourth-order valence-corrected chi connectivity index (χ4v) is 2.93. The Balaban J connectivity index is 2.16. The van der Waals surface area contributed by atoms with E-state index >= 15 is 0 Å². The number of ketones is 1. The summed E-state index contributed by atoms with van der Waals surface area (Å²) in [6, 6.07) is 10.6. The van der Waals surface area contributed by atoms with Gasteiger partial charge in [-0.15, -0.1) is 0 Å². The average Bonchev–Trinajstić information content (AvgIpc) is 2.80. The van der Waals surface area contributed by atoms with Gasteiger partial charge in [0.2, 0.25) is 0 Å². The summed E-state index contributed by atoms with van der Waals surface area (Å²) >= 11 is 0. The summed E-state index contributed by atoms with van der Waals surface area (Å²) in [4.78, 5) is 11.4. The van der Waals surface area contributed by atoms with Crippen LogP contribution in [0.3, 0.4) is 0 Å². The molecule has 1 aromatic rings. The molecule has 0 radical (unpaired) electrons. The quantitative estimate of drug-likeness (QED) is 0.745. The predicted molar refractivity (Wildman–Crippen MR) is 66.4 cm³/mol. The van der Waals surface area contributed by atoms with Crippen LogP contribution in [-0.2, 0) is 4.79 Å². The second-order valence-corrected chi connectivity index (χ2v) is 4.97. The van der Waals surface area contributed by atoms with Crippen molar-refractivity contribution in [2.75, 3.05) is 0 Å². The average molecular weight is 216 g/mol. The Kier molecular flexibility index (Phi) is 3.76. The molecule has 0 saturated heterocycles. The lowest BCUT2D eigenvalue weighted by atomic mass is 9.81. The Hall–Kier alpha value is -1.11. The molecule has 1 saturated carbocycles. The van der Waals surface area contributed by atoms with Gasteiger partial charge >= 0.3 is 0 Å². The third-order valence-electron chi connectivity index (χ3n) is 3.70. The van der Waals surface area contributed by atoms with Gasteiger partial charge in [0.15, 0.2) is 0 Å². The fraction of sp³-hybridized carbons (Fsp3) is 0.533. The third kappa shape index (κ3) is 2.72. The summed E-state index contributed by atoms with van der Waals surface area (Å²) in [7, 11) is 0. The maximum absolute atomic E-state index is 11.4. The molecule has 1 unspecified atom stereocenters. The first-order chi connectivity index (χ1) is 7.77. The molecule has 1 aliphatic rings. The molecule has 2 rings (SSSR count). The summed E-state index contributed by atoms with van der Waals surface area (Å²) in [5.41, 5.74) is 1.35. The smallest absolute Gasteiger partial charge is 0.130 e. The molecule has 0 N–H and O–H groups in total. The van der Waals surface area contributed by atoms with E-state index in [1.54, 1.807) is 6.92 Å². The molecule has 0 heterocycles. The topological polar surface area (TPSA) is 17.1 Å². The van der Waals surface area contributed by atoms with Crippen molar-refractivity contribution in [3.05, 3.63) is 35.9 Å². The third-order valence-corrected chi connectivity index (χ3v) is 3.70. The van der Waals surface area contributed by atoms with Gasteiger partial charge in [-0.05, 0) is 37.2 Å². The lowest BCUT2D eigenvalue weighted by molar-refractivity contribution is -0.117. The number of Topliss-reactive ketones (excluding diaryl/α,β-unsaturated/α-hetero) is 1. The van der Waals surface area contributed by atoms with E-state index < -0.39 is 0 Å². The normalized spacial score (nSPS) is 18.6. The van der Waals surface area contributed by atoms with Crippen molar-refractivity contribution in [3.8, 4) is 0 Å². The molecular formula is C15H20O. The van der Waals surface area contributed by atoms with Crippen LogP contribution < -0.4 is 0 Å². The van der Waals surface area contributed by atoms with Gasteiger partial charge in [0.25, 0.3) is 0 Å². The highest BCUT2D eigenvalue weighted by Crippen LogP contribution is 2.39. The monoisotopic (exact) mass is 216 g/mol. The summed E-state index contributed by atoms with van der Waals surface area (Å²) in [5, 5.41) is 0. The maximum atomic E-state index is 11.4. The molecule has 0 spiro atoms. The van der Waals surface area contributed by atoms with Crippen LogP contribution in [0.1, 0.15) is 50.5 Å². The number of benzene rings is 1. The highest BCUT2D eigenvalue weighted by molar-refractivity contribution is 5.76. The molecule has 1 heteroatoms. The van der Waals surface area contributed by atoms with E-state index in [1.807, 2.05) is 6.07 Å². The minimum atomic E-state index is 0.320. The molecular weight excluding hydrogens is 196 g/mol. The number of carbonyl (C=O) groups excluding carboxylic acids is 1. The standard InChI is InChI=1S/C15H20O/c1-12(16)11-15(14-9-5-6-10-14)13-7-3-2-4-8-13/h2-4,7-8,14-15H,5-6,9-11H2,1H3.